The standard InChI is InChI=1S/C16H15ClF3N3O5S/c1-22-29(26,27)15-5-3-11(23(24)25)6-10(15)8-13(21)9-2-4-14(12(17)7-9)28-16(18,19)20/h2-7,13,22H,8,21H2,1H3/t13-/m0/s1. The molecule has 0 saturated carbocycles. The Kier molecular flexibility index (Phi) is 6.73. The molecule has 0 saturated heterocycles. The molecule has 0 aromatic heterocycles. The molecule has 2 rings (SSSR count). The highest BCUT2D eigenvalue weighted by Crippen LogP contribution is 2.33. The Balaban J connectivity index is 2.39. The smallest absolute Gasteiger partial charge is 0.404 e. The molecule has 0 aliphatic rings. The van der Waals surface area contributed by atoms with E-state index in [9.17, 15) is 31.7 Å². The fraction of sp³-hybridized carbons (Fsp3) is 0.250. The van der Waals surface area contributed by atoms with Crippen molar-refractivity contribution in [3.05, 3.63) is 62.7 Å². The van der Waals surface area contributed by atoms with Crippen molar-refractivity contribution in [2.24, 2.45) is 5.73 Å². The summed E-state index contributed by atoms with van der Waals surface area (Å²) < 4.78 is 67.3. The summed E-state index contributed by atoms with van der Waals surface area (Å²) in [5.74, 6) is -0.621. The molecule has 0 bridgehead atoms. The average Bonchev–Trinajstić information content (AvgIpc) is 2.62. The van der Waals surface area contributed by atoms with Gasteiger partial charge in [-0.05, 0) is 42.8 Å². The molecule has 0 heterocycles. The first-order valence-corrected chi connectivity index (χ1v) is 9.72. The molecule has 3 N–H and O–H groups in total. The number of sulfonamides is 1. The van der Waals surface area contributed by atoms with E-state index >= 15 is 0 Å². The first-order chi connectivity index (χ1) is 13.3. The van der Waals surface area contributed by atoms with Crippen LogP contribution in [0.5, 0.6) is 5.75 Å². The van der Waals surface area contributed by atoms with Gasteiger partial charge in [0, 0.05) is 18.2 Å². The molecule has 158 valence electrons. The van der Waals surface area contributed by atoms with Crippen LogP contribution in [-0.4, -0.2) is 26.8 Å². The maximum Gasteiger partial charge on any atom is 0.573 e. The minimum Gasteiger partial charge on any atom is -0.404 e. The number of halogens is 4. The summed E-state index contributed by atoms with van der Waals surface area (Å²) in [5.41, 5.74) is 6.05. The van der Waals surface area contributed by atoms with Gasteiger partial charge in [0.2, 0.25) is 10.0 Å². The fourth-order valence-corrected chi connectivity index (χ4v) is 3.70. The fourth-order valence-electron chi connectivity index (χ4n) is 2.52. The van der Waals surface area contributed by atoms with E-state index in [1.165, 1.54) is 13.1 Å². The number of ether oxygens (including phenoxy) is 1. The Bertz CT molecular complexity index is 1030. The molecule has 29 heavy (non-hydrogen) atoms. The lowest BCUT2D eigenvalue weighted by Gasteiger charge is -2.17. The van der Waals surface area contributed by atoms with Gasteiger partial charge >= 0.3 is 6.36 Å². The van der Waals surface area contributed by atoms with Gasteiger partial charge in [-0.15, -0.1) is 13.2 Å². The average molecular weight is 454 g/mol. The van der Waals surface area contributed by atoms with Crippen molar-refractivity contribution in [1.29, 1.82) is 0 Å². The Morgan fingerprint density at radius 1 is 1.28 bits per heavy atom. The van der Waals surface area contributed by atoms with Crippen molar-refractivity contribution in [3.8, 4) is 5.75 Å². The summed E-state index contributed by atoms with van der Waals surface area (Å²) in [6.45, 7) is 0. The number of nitrogens with one attached hydrogen (secondary N) is 1. The van der Waals surface area contributed by atoms with Crippen molar-refractivity contribution in [3.63, 3.8) is 0 Å². The van der Waals surface area contributed by atoms with Crippen LogP contribution in [0.2, 0.25) is 5.02 Å². The monoisotopic (exact) mass is 453 g/mol. The van der Waals surface area contributed by atoms with E-state index < -0.39 is 33.1 Å². The van der Waals surface area contributed by atoms with Gasteiger partial charge in [-0.25, -0.2) is 13.1 Å². The number of hydrogen-bond acceptors (Lipinski definition) is 6. The van der Waals surface area contributed by atoms with E-state index in [1.54, 1.807) is 0 Å². The molecule has 0 aliphatic carbocycles. The predicted octanol–water partition coefficient (Wildman–Crippen LogP) is 3.30. The molecule has 8 nitrogen and oxygen atoms in total. The number of benzene rings is 2. The number of nitro benzene ring substituents is 1. The van der Waals surface area contributed by atoms with Crippen LogP contribution in [0.4, 0.5) is 18.9 Å². The molecular formula is C16H15ClF3N3O5S. The number of rotatable bonds is 7. The minimum absolute atomic E-state index is 0.0628. The largest absolute Gasteiger partial charge is 0.573 e. The number of hydrogen-bond donors (Lipinski definition) is 2. The first-order valence-electron chi connectivity index (χ1n) is 7.85. The van der Waals surface area contributed by atoms with Gasteiger partial charge in [0.25, 0.3) is 5.69 Å². The zero-order chi connectivity index (χ0) is 22.0. The van der Waals surface area contributed by atoms with Crippen molar-refractivity contribution in [2.75, 3.05) is 7.05 Å². The summed E-state index contributed by atoms with van der Waals surface area (Å²) in [4.78, 5) is 10.1. The molecule has 2 aromatic rings. The molecule has 2 aromatic carbocycles. The van der Waals surface area contributed by atoms with E-state index in [-0.39, 0.29) is 33.2 Å². The highest BCUT2D eigenvalue weighted by Gasteiger charge is 2.32. The number of nitrogens with zero attached hydrogens (tertiary/aromatic N) is 1. The first kappa shape index (κ1) is 22.9. The predicted molar refractivity (Wildman–Crippen MR) is 98.1 cm³/mol. The molecule has 0 spiro atoms. The van der Waals surface area contributed by atoms with Crippen LogP contribution >= 0.6 is 11.6 Å². The van der Waals surface area contributed by atoms with Gasteiger partial charge in [0.15, 0.2) is 0 Å². The molecule has 0 unspecified atom stereocenters. The SMILES string of the molecule is CNS(=O)(=O)c1ccc([N+](=O)[O-])cc1C[C@H](N)c1ccc(OC(F)(F)F)c(Cl)c1. The lowest BCUT2D eigenvalue weighted by Crippen LogP contribution is -2.22. The third-order valence-electron chi connectivity index (χ3n) is 3.86. The summed E-state index contributed by atoms with van der Waals surface area (Å²) in [7, 11) is -2.75. The van der Waals surface area contributed by atoms with Gasteiger partial charge in [0.05, 0.1) is 14.8 Å². The minimum atomic E-state index is -4.92. The van der Waals surface area contributed by atoms with Crippen molar-refractivity contribution in [2.45, 2.75) is 23.7 Å². The molecule has 1 atom stereocenters. The van der Waals surface area contributed by atoms with E-state index in [0.29, 0.717) is 0 Å². The highest BCUT2D eigenvalue weighted by molar-refractivity contribution is 7.89. The molecule has 13 heteroatoms. The summed E-state index contributed by atoms with van der Waals surface area (Å²) in [6, 6.07) is 5.65. The Hall–Kier alpha value is -2.41. The van der Waals surface area contributed by atoms with Gasteiger partial charge in [0.1, 0.15) is 5.75 Å². The van der Waals surface area contributed by atoms with Crippen molar-refractivity contribution in [1.82, 2.24) is 4.72 Å². The summed E-state index contributed by atoms with van der Waals surface area (Å²) >= 11 is 5.80. The molecular weight excluding hydrogens is 439 g/mol. The van der Waals surface area contributed by atoms with Gasteiger partial charge in [-0.3, -0.25) is 10.1 Å². The zero-order valence-electron chi connectivity index (χ0n) is 14.7. The van der Waals surface area contributed by atoms with Gasteiger partial charge in [-0.2, -0.15) is 0 Å². The van der Waals surface area contributed by atoms with Crippen LogP contribution in [0.3, 0.4) is 0 Å². The Morgan fingerprint density at radius 2 is 1.93 bits per heavy atom. The molecule has 0 aliphatic heterocycles. The zero-order valence-corrected chi connectivity index (χ0v) is 16.3. The van der Waals surface area contributed by atoms with E-state index in [0.717, 1.165) is 30.3 Å². The second-order valence-corrected chi connectivity index (χ2v) is 8.07. The van der Waals surface area contributed by atoms with E-state index in [2.05, 4.69) is 9.46 Å². The molecule has 0 amide bonds. The van der Waals surface area contributed by atoms with Gasteiger partial charge in [-0.1, -0.05) is 17.7 Å². The van der Waals surface area contributed by atoms with E-state index in [4.69, 9.17) is 17.3 Å². The highest BCUT2D eigenvalue weighted by atomic mass is 35.5. The number of alkyl halides is 3. The van der Waals surface area contributed by atoms with Crippen molar-refractivity contribution < 1.29 is 31.2 Å². The van der Waals surface area contributed by atoms with Gasteiger partial charge < -0.3 is 10.5 Å². The molecule has 0 fully saturated rings. The van der Waals surface area contributed by atoms with E-state index in [1.807, 2.05) is 0 Å². The number of nitro groups is 1. The van der Waals surface area contributed by atoms with Crippen LogP contribution < -0.4 is 15.2 Å². The Labute approximate surface area is 168 Å². The third kappa shape index (κ3) is 5.79. The summed E-state index contributed by atoms with van der Waals surface area (Å²) in [5, 5.41) is 10.7. The quantitative estimate of drug-likeness (QED) is 0.489. The maximum absolute atomic E-state index is 12.3. The van der Waals surface area contributed by atoms with Crippen LogP contribution in [0.15, 0.2) is 41.3 Å². The normalized spacial score (nSPS) is 13.2. The molecule has 0 radical (unpaired) electrons. The van der Waals surface area contributed by atoms with Crippen molar-refractivity contribution >= 4 is 27.3 Å². The maximum atomic E-state index is 12.3. The third-order valence-corrected chi connectivity index (χ3v) is 5.67. The summed E-state index contributed by atoms with van der Waals surface area (Å²) in [6.07, 6.45) is -5.08. The lowest BCUT2D eigenvalue weighted by atomic mass is 9.99. The van der Waals surface area contributed by atoms with Crippen LogP contribution in [0.25, 0.3) is 0 Å². The number of nitrogens with two attached hydrogens (primary N) is 1. The Morgan fingerprint density at radius 3 is 2.45 bits per heavy atom. The number of non-ortho nitro benzene ring substituents is 1. The second kappa shape index (κ2) is 8.53. The lowest BCUT2D eigenvalue weighted by molar-refractivity contribution is -0.385. The van der Waals surface area contributed by atoms with Crippen LogP contribution in [-0.2, 0) is 16.4 Å². The second-order valence-electron chi connectivity index (χ2n) is 5.80. The topological polar surface area (TPSA) is 125 Å². The van der Waals surface area contributed by atoms with Crippen LogP contribution in [0, 0.1) is 10.1 Å². The van der Waals surface area contributed by atoms with Crippen LogP contribution in [0.1, 0.15) is 17.2 Å².